The highest BCUT2D eigenvalue weighted by Crippen LogP contribution is 2.29. The predicted octanol–water partition coefficient (Wildman–Crippen LogP) is 5.72. The molecular weight excluding hydrogens is 384 g/mol. The Balaban J connectivity index is 2.27. The van der Waals surface area contributed by atoms with E-state index < -0.39 is 15.4 Å². The van der Waals surface area contributed by atoms with E-state index in [2.05, 4.69) is 23.9 Å². The summed E-state index contributed by atoms with van der Waals surface area (Å²) in [7, 11) is -3.73. The Kier molecular flexibility index (Phi) is 6.78. The first-order valence-corrected chi connectivity index (χ1v) is 11.4. The first-order chi connectivity index (χ1) is 13.3. The van der Waals surface area contributed by atoms with Gasteiger partial charge in [-0.1, -0.05) is 60.6 Å². The van der Waals surface area contributed by atoms with E-state index in [4.69, 9.17) is 0 Å². The van der Waals surface area contributed by atoms with Gasteiger partial charge in [0.2, 0.25) is 5.91 Å². The summed E-state index contributed by atoms with van der Waals surface area (Å²) in [6.45, 7) is 13.7. The molecule has 158 valence electrons. The number of carbonyl (C=O) groups excluding carboxylic acids is 1. The van der Waals surface area contributed by atoms with Crippen LogP contribution in [0.1, 0.15) is 71.4 Å². The SMILES string of the molecule is CC(C)c1ccc(S(=O)(=O)Nc2ccc(NC(=O)C(C)(C)C)cc2)c(C(C)C)c1. The van der Waals surface area contributed by atoms with Crippen LogP contribution < -0.4 is 10.0 Å². The van der Waals surface area contributed by atoms with Crippen LogP contribution in [0.25, 0.3) is 0 Å². The lowest BCUT2D eigenvalue weighted by molar-refractivity contribution is -0.123. The van der Waals surface area contributed by atoms with Crippen LogP contribution in [0.15, 0.2) is 47.4 Å². The van der Waals surface area contributed by atoms with Crippen LogP contribution in [0, 0.1) is 5.41 Å². The third-order valence-electron chi connectivity index (χ3n) is 4.69. The van der Waals surface area contributed by atoms with E-state index in [0.717, 1.165) is 11.1 Å². The monoisotopic (exact) mass is 416 g/mol. The van der Waals surface area contributed by atoms with Gasteiger partial charge in [-0.2, -0.15) is 0 Å². The topological polar surface area (TPSA) is 75.3 Å². The maximum atomic E-state index is 13.0. The molecule has 6 heteroatoms. The molecular formula is C23H32N2O3S. The average molecular weight is 417 g/mol. The molecule has 1 amide bonds. The highest BCUT2D eigenvalue weighted by molar-refractivity contribution is 7.92. The van der Waals surface area contributed by atoms with Crippen LogP contribution in [-0.2, 0) is 14.8 Å². The molecule has 0 fully saturated rings. The van der Waals surface area contributed by atoms with Crippen LogP contribution in [0.2, 0.25) is 0 Å². The lowest BCUT2D eigenvalue weighted by Gasteiger charge is -2.18. The molecule has 0 aliphatic rings. The molecule has 0 saturated carbocycles. The summed E-state index contributed by atoms with van der Waals surface area (Å²) >= 11 is 0. The zero-order chi connectivity index (χ0) is 22.0. The van der Waals surface area contributed by atoms with Crippen LogP contribution in [0.5, 0.6) is 0 Å². The summed E-state index contributed by atoms with van der Waals surface area (Å²) in [5.41, 5.74) is 2.48. The van der Waals surface area contributed by atoms with Gasteiger partial charge < -0.3 is 5.32 Å². The second-order valence-electron chi connectivity index (χ2n) is 8.99. The molecule has 0 spiro atoms. The van der Waals surface area contributed by atoms with Gasteiger partial charge in [-0.15, -0.1) is 0 Å². The van der Waals surface area contributed by atoms with Gasteiger partial charge in [0.1, 0.15) is 0 Å². The fraction of sp³-hybridized carbons (Fsp3) is 0.435. The Labute approximate surface area is 175 Å². The van der Waals surface area contributed by atoms with Crippen LogP contribution >= 0.6 is 0 Å². The molecule has 0 bridgehead atoms. The van der Waals surface area contributed by atoms with Gasteiger partial charge >= 0.3 is 0 Å². The highest BCUT2D eigenvalue weighted by atomic mass is 32.2. The summed E-state index contributed by atoms with van der Waals surface area (Å²) in [5.74, 6) is 0.306. The summed E-state index contributed by atoms with van der Waals surface area (Å²) < 4.78 is 28.7. The zero-order valence-corrected chi connectivity index (χ0v) is 19.1. The molecule has 2 aromatic carbocycles. The minimum atomic E-state index is -3.73. The van der Waals surface area contributed by atoms with E-state index in [1.54, 1.807) is 30.3 Å². The smallest absolute Gasteiger partial charge is 0.262 e. The van der Waals surface area contributed by atoms with Crippen molar-refractivity contribution in [1.82, 2.24) is 0 Å². The lowest BCUT2D eigenvalue weighted by atomic mass is 9.95. The first-order valence-electron chi connectivity index (χ1n) is 9.89. The Morgan fingerprint density at radius 3 is 1.90 bits per heavy atom. The molecule has 0 aliphatic heterocycles. The number of hydrogen-bond donors (Lipinski definition) is 2. The largest absolute Gasteiger partial charge is 0.326 e. The van der Waals surface area contributed by atoms with Crippen molar-refractivity contribution in [2.45, 2.75) is 65.2 Å². The lowest BCUT2D eigenvalue weighted by Crippen LogP contribution is -2.27. The second-order valence-corrected chi connectivity index (χ2v) is 10.6. The molecule has 0 atom stereocenters. The summed E-state index contributed by atoms with van der Waals surface area (Å²) in [5, 5.41) is 2.83. The van der Waals surface area contributed by atoms with Crippen molar-refractivity contribution < 1.29 is 13.2 Å². The van der Waals surface area contributed by atoms with Crippen molar-refractivity contribution in [3.05, 3.63) is 53.6 Å². The van der Waals surface area contributed by atoms with Crippen molar-refractivity contribution in [2.24, 2.45) is 5.41 Å². The maximum absolute atomic E-state index is 13.0. The molecule has 2 N–H and O–H groups in total. The van der Waals surface area contributed by atoms with Crippen molar-refractivity contribution in [3.63, 3.8) is 0 Å². The molecule has 2 rings (SSSR count). The molecule has 0 unspecified atom stereocenters. The third kappa shape index (κ3) is 5.82. The van der Waals surface area contributed by atoms with E-state index in [1.807, 2.05) is 46.8 Å². The summed E-state index contributed by atoms with van der Waals surface area (Å²) in [4.78, 5) is 12.4. The molecule has 29 heavy (non-hydrogen) atoms. The Morgan fingerprint density at radius 2 is 1.41 bits per heavy atom. The number of carbonyl (C=O) groups is 1. The first kappa shape index (κ1) is 22.9. The predicted molar refractivity (Wildman–Crippen MR) is 120 cm³/mol. The molecule has 0 aliphatic carbocycles. The second kappa shape index (κ2) is 8.57. The molecule has 0 heterocycles. The third-order valence-corrected chi connectivity index (χ3v) is 6.14. The van der Waals surface area contributed by atoms with E-state index in [1.165, 1.54) is 0 Å². The highest BCUT2D eigenvalue weighted by Gasteiger charge is 2.22. The van der Waals surface area contributed by atoms with Gasteiger partial charge in [0.15, 0.2) is 0 Å². The van der Waals surface area contributed by atoms with E-state index in [9.17, 15) is 13.2 Å². The standard InChI is InChI=1S/C23H32N2O3S/c1-15(2)17-8-13-21(20(14-17)16(3)4)29(27,28)25-19-11-9-18(10-12-19)24-22(26)23(5,6)7/h8-16,25H,1-7H3,(H,24,26). The molecule has 0 aromatic heterocycles. The summed E-state index contributed by atoms with van der Waals surface area (Å²) in [6, 6.07) is 12.2. The number of anilines is 2. The number of sulfonamides is 1. The minimum Gasteiger partial charge on any atom is -0.326 e. The van der Waals surface area contributed by atoms with Gasteiger partial charge in [0.25, 0.3) is 10.0 Å². The van der Waals surface area contributed by atoms with Gasteiger partial charge in [-0.05, 0) is 53.3 Å². The van der Waals surface area contributed by atoms with Gasteiger partial charge in [-0.3, -0.25) is 9.52 Å². The van der Waals surface area contributed by atoms with Crippen molar-refractivity contribution in [1.29, 1.82) is 0 Å². The Bertz CT molecular complexity index is 970. The van der Waals surface area contributed by atoms with Crippen molar-refractivity contribution >= 4 is 27.3 Å². The maximum Gasteiger partial charge on any atom is 0.262 e. The summed E-state index contributed by atoms with van der Waals surface area (Å²) in [6.07, 6.45) is 0. The van der Waals surface area contributed by atoms with E-state index in [-0.39, 0.29) is 11.8 Å². The van der Waals surface area contributed by atoms with Gasteiger partial charge in [0.05, 0.1) is 4.90 Å². The number of hydrogen-bond acceptors (Lipinski definition) is 3. The number of benzene rings is 2. The van der Waals surface area contributed by atoms with E-state index >= 15 is 0 Å². The normalized spacial score (nSPS) is 12.3. The quantitative estimate of drug-likeness (QED) is 0.632. The van der Waals surface area contributed by atoms with Gasteiger partial charge in [-0.25, -0.2) is 8.42 Å². The van der Waals surface area contributed by atoms with Gasteiger partial charge in [0, 0.05) is 16.8 Å². The Hall–Kier alpha value is -2.34. The molecule has 5 nitrogen and oxygen atoms in total. The molecule has 0 saturated heterocycles. The van der Waals surface area contributed by atoms with Crippen molar-refractivity contribution in [3.8, 4) is 0 Å². The molecule has 0 radical (unpaired) electrons. The van der Waals surface area contributed by atoms with E-state index in [0.29, 0.717) is 22.2 Å². The fourth-order valence-electron chi connectivity index (χ4n) is 2.77. The number of nitrogens with one attached hydrogen (secondary N) is 2. The van der Waals surface area contributed by atoms with Crippen LogP contribution in [-0.4, -0.2) is 14.3 Å². The minimum absolute atomic E-state index is 0.0789. The van der Waals surface area contributed by atoms with Crippen LogP contribution in [0.4, 0.5) is 11.4 Å². The molecule has 2 aromatic rings. The zero-order valence-electron chi connectivity index (χ0n) is 18.3. The number of amides is 1. The Morgan fingerprint density at radius 1 is 0.862 bits per heavy atom. The number of rotatable bonds is 6. The van der Waals surface area contributed by atoms with Crippen LogP contribution in [0.3, 0.4) is 0 Å². The van der Waals surface area contributed by atoms with Crippen molar-refractivity contribution in [2.75, 3.05) is 10.0 Å². The fourth-order valence-corrected chi connectivity index (χ4v) is 4.18. The average Bonchev–Trinajstić information content (AvgIpc) is 2.61.